The van der Waals surface area contributed by atoms with Crippen molar-refractivity contribution in [1.82, 2.24) is 10.4 Å². The topological polar surface area (TPSA) is 37.3 Å². The standard InChI is InChI=1S/C8H10BrN3S/c1-5(11-12-6-2-3-6)8-10-4-7(9)13-8/h4,6,12H,2-3H2,1H3/b11-5-. The molecule has 3 nitrogen and oxygen atoms in total. The van der Waals surface area contributed by atoms with E-state index in [-0.39, 0.29) is 0 Å². The van der Waals surface area contributed by atoms with Crippen molar-refractivity contribution in [2.75, 3.05) is 0 Å². The smallest absolute Gasteiger partial charge is 0.140 e. The van der Waals surface area contributed by atoms with Gasteiger partial charge in [-0.2, -0.15) is 5.10 Å². The molecule has 0 saturated heterocycles. The van der Waals surface area contributed by atoms with Crippen molar-refractivity contribution in [1.29, 1.82) is 0 Å². The molecular formula is C8H10BrN3S. The minimum absolute atomic E-state index is 0.610. The molecule has 5 heteroatoms. The molecule has 2 rings (SSSR count). The van der Waals surface area contributed by atoms with E-state index in [2.05, 4.69) is 31.4 Å². The first-order chi connectivity index (χ1) is 6.25. The number of nitrogens with one attached hydrogen (secondary N) is 1. The second kappa shape index (κ2) is 3.75. The quantitative estimate of drug-likeness (QED) is 0.669. The average Bonchev–Trinajstić information content (AvgIpc) is 2.84. The van der Waals surface area contributed by atoms with Crippen LogP contribution in [-0.2, 0) is 0 Å². The maximum atomic E-state index is 4.26. The van der Waals surface area contributed by atoms with Gasteiger partial charge in [-0.05, 0) is 35.7 Å². The minimum atomic E-state index is 0.610. The minimum Gasteiger partial charge on any atom is -0.307 e. The van der Waals surface area contributed by atoms with Crippen LogP contribution in [0.2, 0.25) is 0 Å². The maximum absolute atomic E-state index is 4.26. The fourth-order valence-corrected chi connectivity index (χ4v) is 2.02. The predicted molar refractivity (Wildman–Crippen MR) is 58.2 cm³/mol. The van der Waals surface area contributed by atoms with Gasteiger partial charge in [0.15, 0.2) is 0 Å². The molecule has 0 radical (unpaired) electrons. The lowest BCUT2D eigenvalue weighted by Crippen LogP contribution is -2.11. The molecule has 1 aromatic heterocycles. The van der Waals surface area contributed by atoms with Crippen LogP contribution in [0.15, 0.2) is 15.1 Å². The lowest BCUT2D eigenvalue weighted by atomic mass is 10.4. The Morgan fingerprint density at radius 3 is 3.08 bits per heavy atom. The summed E-state index contributed by atoms with van der Waals surface area (Å²) in [4.78, 5) is 4.21. The Hall–Kier alpha value is -0.420. The Morgan fingerprint density at radius 2 is 2.54 bits per heavy atom. The summed E-state index contributed by atoms with van der Waals surface area (Å²) in [6.07, 6.45) is 4.30. The molecule has 0 aliphatic heterocycles. The third-order valence-corrected chi connectivity index (χ3v) is 3.36. The molecule has 1 heterocycles. The Labute approximate surface area is 89.4 Å². The molecule has 0 amide bonds. The summed E-state index contributed by atoms with van der Waals surface area (Å²) in [6.45, 7) is 1.97. The van der Waals surface area contributed by atoms with Crippen LogP contribution in [0.5, 0.6) is 0 Å². The van der Waals surface area contributed by atoms with Crippen LogP contribution >= 0.6 is 27.3 Å². The van der Waals surface area contributed by atoms with Crippen LogP contribution in [0, 0.1) is 0 Å². The van der Waals surface area contributed by atoms with Crippen LogP contribution in [0.4, 0.5) is 0 Å². The highest BCUT2D eigenvalue weighted by Gasteiger charge is 2.20. The van der Waals surface area contributed by atoms with Gasteiger partial charge in [0.05, 0.1) is 15.7 Å². The molecule has 1 N–H and O–H groups in total. The third kappa shape index (κ3) is 2.51. The highest BCUT2D eigenvalue weighted by molar-refractivity contribution is 9.11. The molecular weight excluding hydrogens is 250 g/mol. The number of thiazole rings is 1. The van der Waals surface area contributed by atoms with Crippen LogP contribution in [-0.4, -0.2) is 16.7 Å². The summed E-state index contributed by atoms with van der Waals surface area (Å²) in [5, 5.41) is 5.24. The zero-order valence-corrected chi connectivity index (χ0v) is 9.65. The van der Waals surface area contributed by atoms with E-state index in [0.29, 0.717) is 6.04 Å². The maximum Gasteiger partial charge on any atom is 0.140 e. The van der Waals surface area contributed by atoms with Gasteiger partial charge in [-0.15, -0.1) is 11.3 Å². The van der Waals surface area contributed by atoms with Crippen molar-refractivity contribution >= 4 is 33.0 Å². The SMILES string of the molecule is C/C(=N/NC1CC1)c1ncc(Br)s1. The van der Waals surface area contributed by atoms with Gasteiger partial charge in [0.25, 0.3) is 0 Å². The second-order valence-corrected chi connectivity index (χ2v) is 5.48. The van der Waals surface area contributed by atoms with E-state index < -0.39 is 0 Å². The fourth-order valence-electron chi connectivity index (χ4n) is 0.870. The van der Waals surface area contributed by atoms with Gasteiger partial charge >= 0.3 is 0 Å². The van der Waals surface area contributed by atoms with E-state index in [1.807, 2.05) is 6.92 Å². The van der Waals surface area contributed by atoms with E-state index in [1.54, 1.807) is 17.5 Å². The first kappa shape index (κ1) is 9.15. The zero-order valence-electron chi connectivity index (χ0n) is 7.25. The summed E-state index contributed by atoms with van der Waals surface area (Å²) in [7, 11) is 0. The number of rotatable bonds is 3. The molecule has 1 aliphatic carbocycles. The van der Waals surface area contributed by atoms with Crippen LogP contribution < -0.4 is 5.43 Å². The van der Waals surface area contributed by atoms with E-state index in [1.165, 1.54) is 12.8 Å². The van der Waals surface area contributed by atoms with Crippen molar-refractivity contribution in [3.8, 4) is 0 Å². The molecule has 0 aromatic carbocycles. The molecule has 1 aromatic rings. The fraction of sp³-hybridized carbons (Fsp3) is 0.500. The molecule has 13 heavy (non-hydrogen) atoms. The Bertz CT molecular complexity index is 330. The molecule has 1 saturated carbocycles. The van der Waals surface area contributed by atoms with E-state index in [0.717, 1.165) is 14.5 Å². The summed E-state index contributed by atoms with van der Waals surface area (Å²) < 4.78 is 1.04. The first-order valence-corrected chi connectivity index (χ1v) is 5.78. The number of hydrogen-bond donors (Lipinski definition) is 1. The lowest BCUT2D eigenvalue weighted by Gasteiger charge is -1.96. The highest BCUT2D eigenvalue weighted by Crippen LogP contribution is 2.21. The van der Waals surface area contributed by atoms with Crippen molar-refractivity contribution in [3.63, 3.8) is 0 Å². The third-order valence-electron chi connectivity index (χ3n) is 1.78. The summed E-state index contributed by atoms with van der Waals surface area (Å²) in [5.74, 6) is 0. The van der Waals surface area contributed by atoms with Crippen LogP contribution in [0.3, 0.4) is 0 Å². The van der Waals surface area contributed by atoms with Gasteiger partial charge in [0, 0.05) is 6.04 Å². The van der Waals surface area contributed by atoms with Gasteiger partial charge in [0.2, 0.25) is 0 Å². The molecule has 0 bridgehead atoms. The van der Waals surface area contributed by atoms with Gasteiger partial charge in [-0.3, -0.25) is 0 Å². The van der Waals surface area contributed by atoms with Gasteiger partial charge in [-0.25, -0.2) is 4.98 Å². The monoisotopic (exact) mass is 259 g/mol. The number of hydrogen-bond acceptors (Lipinski definition) is 4. The van der Waals surface area contributed by atoms with Crippen LogP contribution in [0.25, 0.3) is 0 Å². The number of aromatic nitrogens is 1. The molecule has 0 spiro atoms. The Balaban J connectivity index is 2.02. The lowest BCUT2D eigenvalue weighted by molar-refractivity contribution is 0.737. The molecule has 70 valence electrons. The summed E-state index contributed by atoms with van der Waals surface area (Å²) >= 11 is 4.98. The largest absolute Gasteiger partial charge is 0.307 e. The number of halogens is 1. The van der Waals surface area contributed by atoms with Crippen LogP contribution in [0.1, 0.15) is 24.8 Å². The van der Waals surface area contributed by atoms with Crippen molar-refractivity contribution < 1.29 is 0 Å². The molecule has 1 aliphatic rings. The van der Waals surface area contributed by atoms with Gasteiger partial charge in [-0.1, -0.05) is 0 Å². The molecule has 1 fully saturated rings. The van der Waals surface area contributed by atoms with Gasteiger partial charge < -0.3 is 5.43 Å². The Kier molecular flexibility index (Phi) is 2.64. The van der Waals surface area contributed by atoms with Crippen molar-refractivity contribution in [2.24, 2.45) is 5.10 Å². The summed E-state index contributed by atoms with van der Waals surface area (Å²) in [6, 6.07) is 0.610. The number of nitrogens with zero attached hydrogens (tertiary/aromatic N) is 2. The molecule has 0 atom stereocenters. The predicted octanol–water partition coefficient (Wildman–Crippen LogP) is 2.38. The first-order valence-electron chi connectivity index (χ1n) is 4.17. The van der Waals surface area contributed by atoms with E-state index in [4.69, 9.17) is 0 Å². The second-order valence-electron chi connectivity index (χ2n) is 3.07. The van der Waals surface area contributed by atoms with E-state index >= 15 is 0 Å². The molecule has 0 unspecified atom stereocenters. The van der Waals surface area contributed by atoms with E-state index in [9.17, 15) is 0 Å². The highest BCUT2D eigenvalue weighted by atomic mass is 79.9. The number of hydrazone groups is 1. The van der Waals surface area contributed by atoms with Gasteiger partial charge in [0.1, 0.15) is 5.01 Å². The normalized spacial score (nSPS) is 17.5. The zero-order chi connectivity index (χ0) is 9.26. The van der Waals surface area contributed by atoms with Crippen molar-refractivity contribution in [2.45, 2.75) is 25.8 Å². The average molecular weight is 260 g/mol. The Morgan fingerprint density at radius 1 is 1.77 bits per heavy atom. The van der Waals surface area contributed by atoms with Crippen molar-refractivity contribution in [3.05, 3.63) is 15.0 Å². The summed E-state index contributed by atoms with van der Waals surface area (Å²) in [5.41, 5.74) is 4.06.